The number of anilines is 2. The summed E-state index contributed by atoms with van der Waals surface area (Å²) < 4.78 is 3.50. The summed E-state index contributed by atoms with van der Waals surface area (Å²) in [6, 6.07) is 3.79. The third-order valence-corrected chi connectivity index (χ3v) is 2.28. The van der Waals surface area contributed by atoms with E-state index in [1.165, 1.54) is 0 Å². The third-order valence-electron chi connectivity index (χ3n) is 2.28. The van der Waals surface area contributed by atoms with E-state index in [1.54, 1.807) is 27.8 Å². The number of hydrogen-bond donors (Lipinski definition) is 1. The number of nitrogens with one attached hydrogen (secondary N) is 1. The molecule has 0 aliphatic carbocycles. The van der Waals surface area contributed by atoms with E-state index >= 15 is 0 Å². The fourth-order valence-electron chi connectivity index (χ4n) is 1.56. The first-order valence-corrected chi connectivity index (χ1v) is 4.88. The first-order chi connectivity index (χ1) is 7.83. The van der Waals surface area contributed by atoms with E-state index in [0.29, 0.717) is 0 Å². The summed E-state index contributed by atoms with van der Waals surface area (Å²) in [5.41, 5.74) is 0.924. The first kappa shape index (κ1) is 8.90. The highest BCUT2D eigenvalue weighted by Gasteiger charge is 2.04. The van der Waals surface area contributed by atoms with Gasteiger partial charge < -0.3 is 5.32 Å². The molecule has 0 atom stereocenters. The molecule has 80 valence electrons. The van der Waals surface area contributed by atoms with Crippen molar-refractivity contribution in [2.75, 3.05) is 5.32 Å². The average Bonchev–Trinajstić information content (AvgIpc) is 2.87. The van der Waals surface area contributed by atoms with Crippen LogP contribution in [-0.2, 0) is 7.05 Å². The van der Waals surface area contributed by atoms with Crippen LogP contribution in [0.15, 0.2) is 36.9 Å². The monoisotopic (exact) mass is 214 g/mol. The number of rotatable bonds is 2. The van der Waals surface area contributed by atoms with Crippen molar-refractivity contribution in [3.05, 3.63) is 36.9 Å². The molecule has 0 bridgehead atoms. The van der Waals surface area contributed by atoms with Gasteiger partial charge in [-0.05, 0) is 6.07 Å². The van der Waals surface area contributed by atoms with Crippen LogP contribution in [0.2, 0.25) is 0 Å². The Kier molecular flexibility index (Phi) is 1.86. The molecular weight excluding hydrogens is 204 g/mol. The predicted octanol–water partition coefficient (Wildman–Crippen LogP) is 1.21. The first-order valence-electron chi connectivity index (χ1n) is 4.88. The lowest BCUT2D eigenvalue weighted by Crippen LogP contribution is -1.98. The van der Waals surface area contributed by atoms with Gasteiger partial charge in [0.05, 0.1) is 6.20 Å². The van der Waals surface area contributed by atoms with Crippen LogP contribution in [0.3, 0.4) is 0 Å². The maximum Gasteiger partial charge on any atom is 0.157 e. The van der Waals surface area contributed by atoms with Crippen molar-refractivity contribution in [2.24, 2.45) is 7.05 Å². The summed E-state index contributed by atoms with van der Waals surface area (Å²) in [5.74, 6) is 1.52. The highest BCUT2D eigenvalue weighted by atomic mass is 15.3. The second-order valence-corrected chi connectivity index (χ2v) is 3.44. The van der Waals surface area contributed by atoms with E-state index in [-0.39, 0.29) is 0 Å². The zero-order valence-corrected chi connectivity index (χ0v) is 8.70. The topological polar surface area (TPSA) is 60.0 Å². The van der Waals surface area contributed by atoms with Gasteiger partial charge in [0.2, 0.25) is 0 Å². The zero-order valence-electron chi connectivity index (χ0n) is 8.70. The van der Waals surface area contributed by atoms with Crippen LogP contribution in [0.25, 0.3) is 5.52 Å². The van der Waals surface area contributed by atoms with Gasteiger partial charge in [0.15, 0.2) is 11.6 Å². The van der Waals surface area contributed by atoms with Crippen LogP contribution in [0.4, 0.5) is 11.6 Å². The van der Waals surface area contributed by atoms with E-state index in [0.717, 1.165) is 17.2 Å². The summed E-state index contributed by atoms with van der Waals surface area (Å²) in [4.78, 5) is 4.26. The maximum absolute atomic E-state index is 4.26. The van der Waals surface area contributed by atoms with E-state index in [9.17, 15) is 0 Å². The summed E-state index contributed by atoms with van der Waals surface area (Å²) >= 11 is 0. The molecule has 0 radical (unpaired) electrons. The van der Waals surface area contributed by atoms with Gasteiger partial charge in [-0.15, -0.1) is 0 Å². The van der Waals surface area contributed by atoms with Crippen LogP contribution in [0.5, 0.6) is 0 Å². The Labute approximate surface area is 91.5 Å². The van der Waals surface area contributed by atoms with Crippen LogP contribution in [0.1, 0.15) is 0 Å². The molecule has 6 heteroatoms. The lowest BCUT2D eigenvalue weighted by Gasteiger charge is -2.03. The number of hydrogen-bond acceptors (Lipinski definition) is 4. The molecule has 0 aliphatic heterocycles. The van der Waals surface area contributed by atoms with Crippen molar-refractivity contribution < 1.29 is 0 Å². The van der Waals surface area contributed by atoms with Crippen LogP contribution in [-0.4, -0.2) is 24.4 Å². The van der Waals surface area contributed by atoms with Gasteiger partial charge in [-0.25, -0.2) is 9.50 Å². The van der Waals surface area contributed by atoms with Crippen LogP contribution < -0.4 is 5.32 Å². The molecule has 0 fully saturated rings. The molecule has 0 aliphatic rings. The summed E-state index contributed by atoms with van der Waals surface area (Å²) in [7, 11) is 1.87. The van der Waals surface area contributed by atoms with Gasteiger partial charge in [-0.3, -0.25) is 4.68 Å². The maximum atomic E-state index is 4.26. The molecule has 0 saturated carbocycles. The minimum atomic E-state index is 0.749. The molecule has 0 amide bonds. The summed E-state index contributed by atoms with van der Waals surface area (Å²) in [6.45, 7) is 0. The molecule has 0 aromatic carbocycles. The molecule has 6 nitrogen and oxygen atoms in total. The number of nitrogens with zero attached hydrogens (tertiary/aromatic N) is 5. The molecule has 0 spiro atoms. The summed E-state index contributed by atoms with van der Waals surface area (Å²) in [6.07, 6.45) is 7.11. The van der Waals surface area contributed by atoms with E-state index in [4.69, 9.17) is 0 Å². The largest absolute Gasteiger partial charge is 0.322 e. The van der Waals surface area contributed by atoms with Crippen molar-refractivity contribution in [3.8, 4) is 0 Å². The lowest BCUT2D eigenvalue weighted by molar-refractivity contribution is 0.771. The molecule has 1 N–H and O–H groups in total. The fraction of sp³-hybridized carbons (Fsp3) is 0.100. The predicted molar refractivity (Wildman–Crippen MR) is 59.5 cm³/mol. The third kappa shape index (κ3) is 1.40. The highest BCUT2D eigenvalue weighted by molar-refractivity contribution is 5.71. The van der Waals surface area contributed by atoms with Crippen molar-refractivity contribution in [3.63, 3.8) is 0 Å². The standard InChI is InChI=1S/C10H10N6/c1-15-6-3-9(14-15)13-10-8-2-4-12-16(8)7-5-11-10/h2-7H,1H3,(H,11,13,14). The van der Waals surface area contributed by atoms with Gasteiger partial charge >= 0.3 is 0 Å². The number of aryl methyl sites for hydroxylation is 1. The molecule has 3 heterocycles. The smallest absolute Gasteiger partial charge is 0.157 e. The molecule has 0 saturated heterocycles. The Hall–Kier alpha value is -2.37. The lowest BCUT2D eigenvalue weighted by atomic mass is 10.4. The quantitative estimate of drug-likeness (QED) is 0.696. The second kappa shape index (κ2) is 3.34. The van der Waals surface area contributed by atoms with Crippen LogP contribution >= 0.6 is 0 Å². The Morgan fingerprint density at radius 3 is 2.94 bits per heavy atom. The van der Waals surface area contributed by atoms with Crippen molar-refractivity contribution >= 4 is 17.2 Å². The highest BCUT2D eigenvalue weighted by Crippen LogP contribution is 2.16. The van der Waals surface area contributed by atoms with Gasteiger partial charge in [0, 0.05) is 31.7 Å². The number of aromatic nitrogens is 5. The van der Waals surface area contributed by atoms with E-state index < -0.39 is 0 Å². The van der Waals surface area contributed by atoms with Gasteiger partial charge in [-0.1, -0.05) is 0 Å². The SMILES string of the molecule is Cn1ccc(Nc2nccn3nccc23)n1. The fourth-order valence-corrected chi connectivity index (χ4v) is 1.56. The number of fused-ring (bicyclic) bond motifs is 1. The Balaban J connectivity index is 2.03. The van der Waals surface area contributed by atoms with E-state index in [1.807, 2.05) is 25.4 Å². The molecule has 0 unspecified atom stereocenters. The second-order valence-electron chi connectivity index (χ2n) is 3.44. The Morgan fingerprint density at radius 2 is 2.12 bits per heavy atom. The van der Waals surface area contributed by atoms with Crippen molar-refractivity contribution in [1.82, 2.24) is 24.4 Å². The van der Waals surface area contributed by atoms with Crippen molar-refractivity contribution in [2.45, 2.75) is 0 Å². The van der Waals surface area contributed by atoms with Gasteiger partial charge in [0.25, 0.3) is 0 Å². The molecule has 3 aromatic rings. The molecular formula is C10H10N6. The van der Waals surface area contributed by atoms with Gasteiger partial charge in [-0.2, -0.15) is 10.2 Å². The normalized spacial score (nSPS) is 10.8. The van der Waals surface area contributed by atoms with Gasteiger partial charge in [0.1, 0.15) is 5.52 Å². The Bertz CT molecular complexity index is 623. The molecule has 3 rings (SSSR count). The minimum absolute atomic E-state index is 0.749. The van der Waals surface area contributed by atoms with Crippen LogP contribution in [0, 0.1) is 0 Å². The average molecular weight is 214 g/mol. The molecule has 3 aromatic heterocycles. The summed E-state index contributed by atoms with van der Waals surface area (Å²) in [5, 5.41) is 11.5. The zero-order chi connectivity index (χ0) is 11.0. The molecule has 16 heavy (non-hydrogen) atoms. The van der Waals surface area contributed by atoms with E-state index in [2.05, 4.69) is 20.5 Å². The van der Waals surface area contributed by atoms with Crippen molar-refractivity contribution in [1.29, 1.82) is 0 Å². The Morgan fingerprint density at radius 1 is 1.19 bits per heavy atom. The minimum Gasteiger partial charge on any atom is -0.322 e.